The maximum atomic E-state index is 5.91. The highest BCUT2D eigenvalue weighted by molar-refractivity contribution is 5.47. The molecule has 0 aliphatic carbocycles. The number of aryl methyl sites for hydroxylation is 2. The van der Waals surface area contributed by atoms with Crippen LogP contribution in [0.3, 0.4) is 0 Å². The molecule has 1 unspecified atom stereocenters. The van der Waals surface area contributed by atoms with Crippen molar-refractivity contribution in [2.75, 3.05) is 11.9 Å². The lowest BCUT2D eigenvalue weighted by atomic mass is 9.98. The van der Waals surface area contributed by atoms with E-state index in [9.17, 15) is 0 Å². The van der Waals surface area contributed by atoms with Crippen LogP contribution in [0.25, 0.3) is 0 Å². The number of rotatable bonds is 4. The van der Waals surface area contributed by atoms with Crippen molar-refractivity contribution >= 4 is 5.69 Å². The third-order valence-electron chi connectivity index (χ3n) is 3.16. The zero-order chi connectivity index (χ0) is 13.0. The first-order chi connectivity index (χ1) is 8.70. The lowest BCUT2D eigenvalue weighted by Crippen LogP contribution is -2.21. The van der Waals surface area contributed by atoms with Gasteiger partial charge in [-0.15, -0.1) is 0 Å². The summed E-state index contributed by atoms with van der Waals surface area (Å²) in [4.78, 5) is 0. The zero-order valence-electron chi connectivity index (χ0n) is 11.0. The first-order valence-electron chi connectivity index (χ1n) is 6.29. The van der Waals surface area contributed by atoms with Crippen LogP contribution in [0.5, 0.6) is 0 Å². The van der Waals surface area contributed by atoms with Crippen LogP contribution in [-0.2, 0) is 0 Å². The Morgan fingerprint density at radius 3 is 2.44 bits per heavy atom. The summed E-state index contributed by atoms with van der Waals surface area (Å²) in [6.45, 7) is 4.82. The number of anilines is 1. The molecule has 0 bridgehead atoms. The normalized spacial score (nSPS) is 12.2. The number of hydrogen-bond acceptors (Lipinski definition) is 2. The lowest BCUT2D eigenvalue weighted by Gasteiger charge is -2.21. The number of benzene rings is 2. The van der Waals surface area contributed by atoms with Crippen LogP contribution in [0.1, 0.15) is 22.7 Å². The summed E-state index contributed by atoms with van der Waals surface area (Å²) in [5.74, 6) is 0. The van der Waals surface area contributed by atoms with Gasteiger partial charge in [-0.1, -0.05) is 42.0 Å². The monoisotopic (exact) mass is 240 g/mol. The fraction of sp³-hybridized carbons (Fsp3) is 0.250. The Kier molecular flexibility index (Phi) is 4.00. The molecular formula is C16H20N2. The Balaban J connectivity index is 2.26. The predicted molar refractivity (Wildman–Crippen MR) is 77.8 cm³/mol. The minimum atomic E-state index is 0.160. The van der Waals surface area contributed by atoms with Crippen LogP contribution in [0.2, 0.25) is 0 Å². The van der Waals surface area contributed by atoms with Crippen LogP contribution in [0, 0.1) is 13.8 Å². The van der Waals surface area contributed by atoms with Crippen molar-refractivity contribution < 1.29 is 0 Å². The van der Waals surface area contributed by atoms with Crippen LogP contribution in [0.4, 0.5) is 5.69 Å². The Morgan fingerprint density at radius 2 is 1.78 bits per heavy atom. The Hall–Kier alpha value is -1.80. The Bertz CT molecular complexity index is 506. The molecule has 2 heteroatoms. The largest absolute Gasteiger partial charge is 0.377 e. The molecule has 3 N–H and O–H groups in total. The van der Waals surface area contributed by atoms with E-state index in [1.54, 1.807) is 0 Å². The fourth-order valence-corrected chi connectivity index (χ4v) is 2.13. The molecule has 0 saturated heterocycles. The molecule has 2 nitrogen and oxygen atoms in total. The average Bonchev–Trinajstić information content (AvgIpc) is 2.40. The molecule has 0 aliphatic heterocycles. The zero-order valence-corrected chi connectivity index (χ0v) is 11.0. The van der Waals surface area contributed by atoms with Gasteiger partial charge in [-0.2, -0.15) is 0 Å². The van der Waals surface area contributed by atoms with E-state index in [-0.39, 0.29) is 6.04 Å². The quantitative estimate of drug-likeness (QED) is 0.859. The molecule has 0 aromatic heterocycles. The van der Waals surface area contributed by atoms with Gasteiger partial charge in [-0.05, 0) is 37.1 Å². The fourth-order valence-electron chi connectivity index (χ4n) is 2.13. The van der Waals surface area contributed by atoms with Crippen molar-refractivity contribution in [1.82, 2.24) is 0 Å². The highest BCUT2D eigenvalue weighted by atomic mass is 14.9. The van der Waals surface area contributed by atoms with E-state index < -0.39 is 0 Å². The second-order valence-corrected chi connectivity index (χ2v) is 4.66. The second-order valence-electron chi connectivity index (χ2n) is 4.66. The van der Waals surface area contributed by atoms with Gasteiger partial charge < -0.3 is 11.1 Å². The van der Waals surface area contributed by atoms with E-state index in [0.29, 0.717) is 6.54 Å². The van der Waals surface area contributed by atoms with Crippen molar-refractivity contribution in [2.45, 2.75) is 19.9 Å². The minimum Gasteiger partial charge on any atom is -0.377 e. The molecule has 0 spiro atoms. The lowest BCUT2D eigenvalue weighted by molar-refractivity contribution is 0.782. The van der Waals surface area contributed by atoms with E-state index in [0.717, 1.165) is 5.69 Å². The van der Waals surface area contributed by atoms with Gasteiger partial charge in [-0.3, -0.25) is 0 Å². The maximum Gasteiger partial charge on any atom is 0.0638 e. The second kappa shape index (κ2) is 5.69. The molecule has 0 heterocycles. The molecule has 0 amide bonds. The molecule has 0 saturated carbocycles. The highest BCUT2D eigenvalue weighted by Crippen LogP contribution is 2.22. The van der Waals surface area contributed by atoms with E-state index >= 15 is 0 Å². The summed E-state index contributed by atoms with van der Waals surface area (Å²) in [5, 5.41) is 3.49. The summed E-state index contributed by atoms with van der Waals surface area (Å²) >= 11 is 0. The SMILES string of the molecule is Cc1ccc(C)c(C(CN)Nc2ccccc2)c1. The van der Waals surface area contributed by atoms with Gasteiger partial charge in [-0.25, -0.2) is 0 Å². The van der Waals surface area contributed by atoms with Gasteiger partial charge in [0.15, 0.2) is 0 Å². The van der Waals surface area contributed by atoms with E-state index in [1.165, 1.54) is 16.7 Å². The van der Waals surface area contributed by atoms with Crippen LogP contribution in [0.15, 0.2) is 48.5 Å². The highest BCUT2D eigenvalue weighted by Gasteiger charge is 2.11. The smallest absolute Gasteiger partial charge is 0.0638 e. The van der Waals surface area contributed by atoms with Crippen molar-refractivity contribution in [1.29, 1.82) is 0 Å². The summed E-state index contributed by atoms with van der Waals surface area (Å²) in [5.41, 5.74) is 10.8. The summed E-state index contributed by atoms with van der Waals surface area (Å²) < 4.78 is 0. The van der Waals surface area contributed by atoms with Gasteiger partial charge in [0.25, 0.3) is 0 Å². The molecule has 2 aromatic rings. The topological polar surface area (TPSA) is 38.0 Å². The average molecular weight is 240 g/mol. The number of para-hydroxylation sites is 1. The number of hydrogen-bond donors (Lipinski definition) is 2. The number of nitrogens with two attached hydrogens (primary N) is 1. The van der Waals surface area contributed by atoms with Crippen molar-refractivity contribution in [3.8, 4) is 0 Å². The summed E-state index contributed by atoms with van der Waals surface area (Å²) in [6, 6.07) is 16.9. The summed E-state index contributed by atoms with van der Waals surface area (Å²) in [7, 11) is 0. The molecule has 0 fully saturated rings. The van der Waals surface area contributed by atoms with Crippen molar-refractivity contribution in [2.24, 2.45) is 5.73 Å². The van der Waals surface area contributed by atoms with Gasteiger partial charge in [0, 0.05) is 12.2 Å². The molecule has 1 atom stereocenters. The molecule has 2 aromatic carbocycles. The molecule has 18 heavy (non-hydrogen) atoms. The van der Waals surface area contributed by atoms with Crippen LogP contribution in [-0.4, -0.2) is 6.54 Å². The molecular weight excluding hydrogens is 220 g/mol. The predicted octanol–water partition coefficient (Wildman–Crippen LogP) is 3.42. The molecule has 2 rings (SSSR count). The standard InChI is InChI=1S/C16H20N2/c1-12-8-9-13(2)15(10-12)16(11-17)18-14-6-4-3-5-7-14/h3-10,16,18H,11,17H2,1-2H3. The Labute approximate surface area is 109 Å². The van der Waals surface area contributed by atoms with Gasteiger partial charge in [0.1, 0.15) is 0 Å². The molecule has 0 aliphatic rings. The van der Waals surface area contributed by atoms with Crippen LogP contribution < -0.4 is 11.1 Å². The first-order valence-corrected chi connectivity index (χ1v) is 6.29. The Morgan fingerprint density at radius 1 is 1.06 bits per heavy atom. The minimum absolute atomic E-state index is 0.160. The van der Waals surface area contributed by atoms with Crippen LogP contribution >= 0.6 is 0 Å². The van der Waals surface area contributed by atoms with Crippen molar-refractivity contribution in [3.05, 3.63) is 65.2 Å². The summed E-state index contributed by atoms with van der Waals surface area (Å²) in [6.07, 6.45) is 0. The molecule has 0 radical (unpaired) electrons. The van der Waals surface area contributed by atoms with Crippen molar-refractivity contribution in [3.63, 3.8) is 0 Å². The molecule has 94 valence electrons. The third kappa shape index (κ3) is 2.90. The number of nitrogens with one attached hydrogen (secondary N) is 1. The van der Waals surface area contributed by atoms with Gasteiger partial charge in [0.05, 0.1) is 6.04 Å². The van der Waals surface area contributed by atoms with E-state index in [4.69, 9.17) is 5.73 Å². The van der Waals surface area contributed by atoms with E-state index in [1.807, 2.05) is 18.2 Å². The van der Waals surface area contributed by atoms with Gasteiger partial charge in [0.2, 0.25) is 0 Å². The maximum absolute atomic E-state index is 5.91. The van der Waals surface area contributed by atoms with E-state index in [2.05, 4.69) is 49.5 Å². The van der Waals surface area contributed by atoms with Gasteiger partial charge >= 0.3 is 0 Å². The third-order valence-corrected chi connectivity index (χ3v) is 3.16. The first kappa shape index (κ1) is 12.7.